The molecule has 0 saturated carbocycles. The summed E-state index contributed by atoms with van der Waals surface area (Å²) in [5.74, 6) is -0.0148. The summed E-state index contributed by atoms with van der Waals surface area (Å²) in [6.45, 7) is 5.59. The second kappa shape index (κ2) is 6.57. The first kappa shape index (κ1) is 13.9. The number of carbonyl (C=O) groups is 1. The summed E-state index contributed by atoms with van der Waals surface area (Å²) >= 11 is 0. The van der Waals surface area contributed by atoms with E-state index in [2.05, 4.69) is 5.32 Å². The first-order chi connectivity index (χ1) is 9.20. The fraction of sp³-hybridized carbons (Fsp3) is 0.533. The molecule has 0 amide bonds. The zero-order chi connectivity index (χ0) is 13.7. The van der Waals surface area contributed by atoms with Crippen molar-refractivity contribution >= 4 is 11.7 Å². The average Bonchev–Trinajstić information content (AvgIpc) is 2.90. The minimum atomic E-state index is -0.329. The largest absolute Gasteiger partial charge is 0.464 e. The Morgan fingerprint density at radius 2 is 2.42 bits per heavy atom. The van der Waals surface area contributed by atoms with Crippen molar-refractivity contribution in [1.29, 1.82) is 0 Å². The molecule has 2 atom stereocenters. The lowest BCUT2D eigenvalue weighted by atomic mass is 9.98. The van der Waals surface area contributed by atoms with Gasteiger partial charge >= 0.3 is 5.97 Å². The van der Waals surface area contributed by atoms with Crippen molar-refractivity contribution in [2.75, 3.05) is 25.1 Å². The monoisotopic (exact) mass is 263 g/mol. The molecule has 1 saturated heterocycles. The van der Waals surface area contributed by atoms with Crippen LogP contribution >= 0.6 is 0 Å². The number of nitrogens with one attached hydrogen (secondary N) is 1. The molecule has 4 nitrogen and oxygen atoms in total. The smallest absolute Gasteiger partial charge is 0.328 e. The maximum absolute atomic E-state index is 12.1. The van der Waals surface area contributed by atoms with Crippen LogP contribution in [0, 0.1) is 12.8 Å². The molecule has 1 aromatic carbocycles. The van der Waals surface area contributed by atoms with Crippen molar-refractivity contribution in [3.05, 3.63) is 29.8 Å². The van der Waals surface area contributed by atoms with E-state index in [0.717, 1.165) is 24.3 Å². The highest BCUT2D eigenvalue weighted by molar-refractivity contribution is 5.79. The van der Waals surface area contributed by atoms with Crippen LogP contribution < -0.4 is 5.32 Å². The van der Waals surface area contributed by atoms with Gasteiger partial charge in [0.05, 0.1) is 13.2 Å². The van der Waals surface area contributed by atoms with Gasteiger partial charge in [-0.15, -0.1) is 0 Å². The maximum atomic E-state index is 12.1. The first-order valence-corrected chi connectivity index (χ1v) is 6.78. The van der Waals surface area contributed by atoms with Gasteiger partial charge in [0.15, 0.2) is 0 Å². The highest BCUT2D eigenvalue weighted by Crippen LogP contribution is 2.22. The second-order valence-electron chi connectivity index (χ2n) is 4.87. The maximum Gasteiger partial charge on any atom is 0.328 e. The van der Waals surface area contributed by atoms with E-state index in [0.29, 0.717) is 13.2 Å². The molecule has 1 aromatic rings. The molecule has 0 bridgehead atoms. The summed E-state index contributed by atoms with van der Waals surface area (Å²) in [5, 5.41) is 3.29. The van der Waals surface area contributed by atoms with E-state index in [1.54, 1.807) is 0 Å². The van der Waals surface area contributed by atoms with Gasteiger partial charge in [0.1, 0.15) is 6.04 Å². The first-order valence-electron chi connectivity index (χ1n) is 6.78. The summed E-state index contributed by atoms with van der Waals surface area (Å²) in [7, 11) is 0. The van der Waals surface area contributed by atoms with Crippen LogP contribution in [0.4, 0.5) is 5.69 Å². The van der Waals surface area contributed by atoms with Gasteiger partial charge in [-0.3, -0.25) is 0 Å². The molecular weight excluding hydrogens is 242 g/mol. The Labute approximate surface area is 114 Å². The molecule has 0 aromatic heterocycles. The van der Waals surface area contributed by atoms with Gasteiger partial charge < -0.3 is 14.8 Å². The molecule has 0 radical (unpaired) electrons. The Balaban J connectivity index is 2.10. The molecule has 1 N–H and O–H groups in total. The van der Waals surface area contributed by atoms with Crippen LogP contribution in [0.5, 0.6) is 0 Å². The highest BCUT2D eigenvalue weighted by atomic mass is 16.5. The van der Waals surface area contributed by atoms with Crippen LogP contribution in [-0.4, -0.2) is 31.8 Å². The standard InChI is InChI=1S/C15H21NO3/c1-3-19-15(17)14(12-7-8-18-10-12)16-13-6-4-5-11(2)9-13/h4-6,9,12,14,16H,3,7-8,10H2,1-2H3. The Kier molecular flexibility index (Phi) is 4.80. The zero-order valence-electron chi connectivity index (χ0n) is 11.5. The Morgan fingerprint density at radius 3 is 3.05 bits per heavy atom. The van der Waals surface area contributed by atoms with Crippen molar-refractivity contribution < 1.29 is 14.3 Å². The molecule has 19 heavy (non-hydrogen) atoms. The van der Waals surface area contributed by atoms with Crippen molar-refractivity contribution in [3.8, 4) is 0 Å². The number of esters is 1. The van der Waals surface area contributed by atoms with Crippen molar-refractivity contribution in [3.63, 3.8) is 0 Å². The van der Waals surface area contributed by atoms with Gasteiger partial charge in [0.25, 0.3) is 0 Å². The number of hydrogen-bond acceptors (Lipinski definition) is 4. The SMILES string of the molecule is CCOC(=O)C(Nc1cccc(C)c1)C1CCOC1. The molecule has 104 valence electrons. The third kappa shape index (κ3) is 3.70. The van der Waals surface area contributed by atoms with Crippen molar-refractivity contribution in [2.24, 2.45) is 5.92 Å². The number of ether oxygens (including phenoxy) is 2. The third-order valence-corrected chi connectivity index (χ3v) is 3.32. The number of anilines is 1. The highest BCUT2D eigenvalue weighted by Gasteiger charge is 2.32. The second-order valence-corrected chi connectivity index (χ2v) is 4.87. The predicted molar refractivity (Wildman–Crippen MR) is 74.1 cm³/mol. The number of benzene rings is 1. The van der Waals surface area contributed by atoms with Crippen LogP contribution in [0.25, 0.3) is 0 Å². The minimum Gasteiger partial charge on any atom is -0.464 e. The predicted octanol–water partition coefficient (Wildman–Crippen LogP) is 2.38. The van der Waals surface area contributed by atoms with Gasteiger partial charge in [-0.2, -0.15) is 0 Å². The molecule has 0 aliphatic carbocycles. The number of hydrogen-bond donors (Lipinski definition) is 1. The molecule has 1 fully saturated rings. The lowest BCUT2D eigenvalue weighted by molar-refractivity contribution is -0.145. The lowest BCUT2D eigenvalue weighted by Crippen LogP contribution is -2.38. The number of carbonyl (C=O) groups excluding carboxylic acids is 1. The topological polar surface area (TPSA) is 47.6 Å². The van der Waals surface area contributed by atoms with Gasteiger partial charge in [0, 0.05) is 18.2 Å². The van der Waals surface area contributed by atoms with E-state index in [1.807, 2.05) is 38.1 Å². The average molecular weight is 263 g/mol. The van der Waals surface area contributed by atoms with Crippen molar-refractivity contribution in [2.45, 2.75) is 26.3 Å². The molecule has 2 unspecified atom stereocenters. The number of aryl methyl sites for hydroxylation is 1. The van der Waals surface area contributed by atoms with E-state index in [9.17, 15) is 4.79 Å². The summed E-state index contributed by atoms with van der Waals surface area (Å²) in [4.78, 5) is 12.1. The van der Waals surface area contributed by atoms with E-state index in [4.69, 9.17) is 9.47 Å². The van der Waals surface area contributed by atoms with Crippen molar-refractivity contribution in [1.82, 2.24) is 0 Å². The van der Waals surface area contributed by atoms with Crippen LogP contribution in [0.2, 0.25) is 0 Å². The van der Waals surface area contributed by atoms with Crippen LogP contribution in [0.1, 0.15) is 18.9 Å². The molecule has 1 aliphatic rings. The van der Waals surface area contributed by atoms with E-state index in [-0.39, 0.29) is 17.9 Å². The molecule has 0 spiro atoms. The summed E-state index contributed by atoms with van der Waals surface area (Å²) in [6.07, 6.45) is 0.891. The Hall–Kier alpha value is -1.55. The summed E-state index contributed by atoms with van der Waals surface area (Å²) < 4.78 is 10.5. The van der Waals surface area contributed by atoms with Crippen LogP contribution in [-0.2, 0) is 14.3 Å². The summed E-state index contributed by atoms with van der Waals surface area (Å²) in [5.41, 5.74) is 2.11. The van der Waals surface area contributed by atoms with E-state index in [1.165, 1.54) is 0 Å². The fourth-order valence-electron chi connectivity index (χ4n) is 2.33. The zero-order valence-corrected chi connectivity index (χ0v) is 11.5. The van der Waals surface area contributed by atoms with Crippen LogP contribution in [0.3, 0.4) is 0 Å². The van der Waals surface area contributed by atoms with Gasteiger partial charge in [0.2, 0.25) is 0 Å². The summed E-state index contributed by atoms with van der Waals surface area (Å²) in [6, 6.07) is 7.68. The normalized spacial score (nSPS) is 20.0. The molecular formula is C15H21NO3. The number of rotatable bonds is 5. The quantitative estimate of drug-likeness (QED) is 0.829. The van der Waals surface area contributed by atoms with Gasteiger partial charge in [-0.05, 0) is 38.0 Å². The fourth-order valence-corrected chi connectivity index (χ4v) is 2.33. The Morgan fingerprint density at radius 1 is 1.58 bits per heavy atom. The molecule has 1 heterocycles. The van der Waals surface area contributed by atoms with Gasteiger partial charge in [-0.1, -0.05) is 12.1 Å². The molecule has 1 aliphatic heterocycles. The van der Waals surface area contributed by atoms with Gasteiger partial charge in [-0.25, -0.2) is 4.79 Å². The minimum absolute atomic E-state index is 0.180. The third-order valence-electron chi connectivity index (χ3n) is 3.32. The molecule has 2 rings (SSSR count). The Bertz CT molecular complexity index is 427. The molecule has 4 heteroatoms. The van der Waals surface area contributed by atoms with Crippen LogP contribution in [0.15, 0.2) is 24.3 Å². The van der Waals surface area contributed by atoms with E-state index >= 15 is 0 Å². The lowest BCUT2D eigenvalue weighted by Gasteiger charge is -2.23. The van der Waals surface area contributed by atoms with E-state index < -0.39 is 0 Å².